The SMILES string of the molecule is Cc1cc(C)c(S(=O)(=O)NCc2cccc(-c3n[nH]c(C)n3)c2)c(C)c1. The molecule has 0 fully saturated rings. The Morgan fingerprint density at radius 1 is 1.04 bits per heavy atom. The number of benzene rings is 2. The molecule has 6 nitrogen and oxygen atoms in total. The van der Waals surface area contributed by atoms with Gasteiger partial charge >= 0.3 is 0 Å². The van der Waals surface area contributed by atoms with Gasteiger partial charge in [0.1, 0.15) is 5.82 Å². The highest BCUT2D eigenvalue weighted by Crippen LogP contribution is 2.22. The number of nitrogens with one attached hydrogen (secondary N) is 2. The average Bonchev–Trinajstić information content (AvgIpc) is 2.99. The van der Waals surface area contributed by atoms with E-state index in [4.69, 9.17) is 0 Å². The quantitative estimate of drug-likeness (QED) is 0.722. The van der Waals surface area contributed by atoms with Crippen molar-refractivity contribution in [3.8, 4) is 11.4 Å². The molecule has 0 saturated carbocycles. The average molecular weight is 370 g/mol. The van der Waals surface area contributed by atoms with Crippen molar-refractivity contribution in [3.63, 3.8) is 0 Å². The third-order valence-corrected chi connectivity index (χ3v) is 5.83. The lowest BCUT2D eigenvalue weighted by atomic mass is 10.1. The highest BCUT2D eigenvalue weighted by atomic mass is 32.2. The highest BCUT2D eigenvalue weighted by molar-refractivity contribution is 7.89. The van der Waals surface area contributed by atoms with E-state index in [1.165, 1.54) is 0 Å². The number of aryl methyl sites for hydroxylation is 4. The molecule has 3 rings (SSSR count). The standard InChI is InChI=1S/C19H22N4O2S/c1-12-8-13(2)18(14(3)9-12)26(24,25)20-11-16-6-5-7-17(10-16)19-21-15(4)22-23-19/h5-10,20H,11H2,1-4H3,(H,21,22,23). The zero-order valence-corrected chi connectivity index (χ0v) is 16.1. The minimum Gasteiger partial charge on any atom is -0.263 e. The number of aromatic nitrogens is 3. The molecule has 0 saturated heterocycles. The molecule has 0 aliphatic carbocycles. The Morgan fingerprint density at radius 2 is 1.73 bits per heavy atom. The number of aromatic amines is 1. The van der Waals surface area contributed by atoms with Gasteiger partial charge in [0.15, 0.2) is 5.82 Å². The normalized spacial score (nSPS) is 11.7. The molecule has 0 aliphatic rings. The van der Waals surface area contributed by atoms with E-state index in [0.29, 0.717) is 10.7 Å². The summed E-state index contributed by atoms with van der Waals surface area (Å²) in [6, 6.07) is 11.3. The van der Waals surface area contributed by atoms with E-state index in [9.17, 15) is 8.42 Å². The Labute approximate surface area is 153 Å². The fourth-order valence-corrected chi connectivity index (χ4v) is 4.60. The summed E-state index contributed by atoms with van der Waals surface area (Å²) in [5.41, 5.74) is 4.23. The van der Waals surface area contributed by atoms with Gasteiger partial charge in [0.05, 0.1) is 4.90 Å². The predicted molar refractivity (Wildman–Crippen MR) is 101 cm³/mol. The van der Waals surface area contributed by atoms with Crippen LogP contribution < -0.4 is 4.72 Å². The Bertz CT molecular complexity index is 1030. The Kier molecular flexibility index (Phi) is 4.93. The fourth-order valence-electron chi connectivity index (χ4n) is 3.13. The first-order valence-electron chi connectivity index (χ1n) is 8.32. The van der Waals surface area contributed by atoms with Gasteiger partial charge in [-0.15, -0.1) is 0 Å². The molecule has 0 amide bonds. The van der Waals surface area contributed by atoms with Gasteiger partial charge in [-0.25, -0.2) is 18.1 Å². The maximum absolute atomic E-state index is 12.8. The van der Waals surface area contributed by atoms with Crippen LogP contribution in [-0.2, 0) is 16.6 Å². The number of hydrogen-bond donors (Lipinski definition) is 2. The molecular weight excluding hydrogens is 348 g/mol. The van der Waals surface area contributed by atoms with Crippen molar-refractivity contribution in [3.05, 3.63) is 64.5 Å². The second kappa shape index (κ2) is 7.01. The van der Waals surface area contributed by atoms with E-state index >= 15 is 0 Å². The molecule has 0 bridgehead atoms. The highest BCUT2D eigenvalue weighted by Gasteiger charge is 2.19. The maximum Gasteiger partial charge on any atom is 0.241 e. The van der Waals surface area contributed by atoms with E-state index in [-0.39, 0.29) is 6.54 Å². The van der Waals surface area contributed by atoms with Crippen molar-refractivity contribution in [2.45, 2.75) is 39.1 Å². The third-order valence-electron chi connectivity index (χ3n) is 4.12. The van der Waals surface area contributed by atoms with Crippen LogP contribution >= 0.6 is 0 Å². The molecule has 0 aliphatic heterocycles. The zero-order valence-electron chi connectivity index (χ0n) is 15.3. The largest absolute Gasteiger partial charge is 0.263 e. The van der Waals surface area contributed by atoms with Gasteiger partial charge < -0.3 is 0 Å². The van der Waals surface area contributed by atoms with E-state index in [0.717, 1.165) is 33.6 Å². The van der Waals surface area contributed by atoms with Gasteiger partial charge in [-0.3, -0.25) is 5.10 Å². The molecule has 2 N–H and O–H groups in total. The van der Waals surface area contributed by atoms with Crippen LogP contribution in [0.3, 0.4) is 0 Å². The monoisotopic (exact) mass is 370 g/mol. The zero-order chi connectivity index (χ0) is 18.9. The van der Waals surface area contributed by atoms with Crippen molar-refractivity contribution in [2.24, 2.45) is 0 Å². The fraction of sp³-hybridized carbons (Fsp3) is 0.263. The van der Waals surface area contributed by atoms with Crippen molar-refractivity contribution in [1.29, 1.82) is 0 Å². The molecule has 0 spiro atoms. The molecular formula is C19H22N4O2S. The predicted octanol–water partition coefficient (Wildman–Crippen LogP) is 3.18. The molecule has 1 aromatic heterocycles. The molecule has 2 aromatic carbocycles. The summed E-state index contributed by atoms with van der Waals surface area (Å²) in [5.74, 6) is 1.33. The summed E-state index contributed by atoms with van der Waals surface area (Å²) in [6.07, 6.45) is 0. The van der Waals surface area contributed by atoms with Gasteiger partial charge in [0, 0.05) is 12.1 Å². The van der Waals surface area contributed by atoms with Crippen LogP contribution in [0.25, 0.3) is 11.4 Å². The van der Waals surface area contributed by atoms with Gasteiger partial charge in [-0.2, -0.15) is 5.10 Å². The summed E-state index contributed by atoms with van der Waals surface area (Å²) in [7, 11) is -3.60. The lowest BCUT2D eigenvalue weighted by Crippen LogP contribution is -2.25. The van der Waals surface area contributed by atoms with Crippen molar-refractivity contribution >= 4 is 10.0 Å². The molecule has 0 atom stereocenters. The van der Waals surface area contributed by atoms with Gasteiger partial charge in [0.2, 0.25) is 10.0 Å². The van der Waals surface area contributed by atoms with Crippen LogP contribution in [-0.4, -0.2) is 23.6 Å². The van der Waals surface area contributed by atoms with E-state index < -0.39 is 10.0 Å². The number of H-pyrrole nitrogens is 1. The molecule has 7 heteroatoms. The molecule has 1 heterocycles. The molecule has 0 radical (unpaired) electrons. The van der Waals surface area contributed by atoms with Gasteiger partial charge in [-0.05, 0) is 50.5 Å². The van der Waals surface area contributed by atoms with Crippen LogP contribution in [0.15, 0.2) is 41.3 Å². The molecule has 26 heavy (non-hydrogen) atoms. The van der Waals surface area contributed by atoms with E-state index in [2.05, 4.69) is 19.9 Å². The van der Waals surface area contributed by atoms with Crippen molar-refractivity contribution < 1.29 is 8.42 Å². The van der Waals surface area contributed by atoms with Crippen LogP contribution in [0.5, 0.6) is 0 Å². The minimum absolute atomic E-state index is 0.201. The Balaban J connectivity index is 1.83. The number of rotatable bonds is 5. The lowest BCUT2D eigenvalue weighted by Gasteiger charge is -2.13. The molecule has 3 aromatic rings. The Hall–Kier alpha value is -2.51. The lowest BCUT2D eigenvalue weighted by molar-refractivity contribution is 0.580. The number of hydrogen-bond acceptors (Lipinski definition) is 4. The van der Waals surface area contributed by atoms with Crippen molar-refractivity contribution in [1.82, 2.24) is 19.9 Å². The van der Waals surface area contributed by atoms with Gasteiger partial charge in [0.25, 0.3) is 0 Å². The topological polar surface area (TPSA) is 87.7 Å². The molecule has 136 valence electrons. The van der Waals surface area contributed by atoms with E-state index in [1.807, 2.05) is 64.1 Å². The van der Waals surface area contributed by atoms with Crippen LogP contribution in [0.4, 0.5) is 0 Å². The van der Waals surface area contributed by atoms with E-state index in [1.54, 1.807) is 0 Å². The molecule has 0 unspecified atom stereocenters. The van der Waals surface area contributed by atoms with Crippen LogP contribution in [0.2, 0.25) is 0 Å². The summed E-state index contributed by atoms with van der Waals surface area (Å²) in [4.78, 5) is 4.66. The minimum atomic E-state index is -3.60. The van der Waals surface area contributed by atoms with Crippen LogP contribution in [0, 0.1) is 27.7 Å². The van der Waals surface area contributed by atoms with Crippen LogP contribution in [0.1, 0.15) is 28.1 Å². The third kappa shape index (κ3) is 3.84. The first-order valence-corrected chi connectivity index (χ1v) is 9.80. The number of sulfonamides is 1. The summed E-state index contributed by atoms with van der Waals surface area (Å²) < 4.78 is 28.3. The second-order valence-electron chi connectivity index (χ2n) is 6.50. The second-order valence-corrected chi connectivity index (χ2v) is 8.20. The summed E-state index contributed by atoms with van der Waals surface area (Å²) in [6.45, 7) is 7.63. The summed E-state index contributed by atoms with van der Waals surface area (Å²) >= 11 is 0. The van der Waals surface area contributed by atoms with Gasteiger partial charge in [-0.1, -0.05) is 35.9 Å². The Morgan fingerprint density at radius 3 is 2.35 bits per heavy atom. The maximum atomic E-state index is 12.8. The summed E-state index contributed by atoms with van der Waals surface area (Å²) in [5, 5.41) is 6.95. The van der Waals surface area contributed by atoms with Crippen molar-refractivity contribution in [2.75, 3.05) is 0 Å². The first kappa shape index (κ1) is 18.3. The number of nitrogens with zero attached hydrogens (tertiary/aromatic N) is 2. The smallest absolute Gasteiger partial charge is 0.241 e. The first-order chi connectivity index (χ1) is 12.3.